The molecule has 0 aliphatic heterocycles. The van der Waals surface area contributed by atoms with Gasteiger partial charge in [-0.05, 0) is 163 Å². The van der Waals surface area contributed by atoms with Crippen LogP contribution in [-0.2, 0) is 85.1 Å². The average Bonchev–Trinajstić information content (AvgIpc) is 1.48. The molecule has 508 valence electrons. The average molecular weight is 1390 g/mol. The minimum Gasteiger partial charge on any atom is -0.336 e. The third-order valence-corrected chi connectivity index (χ3v) is 16.2. The molecule has 10 rings (SSSR count). The maximum Gasteiger partial charge on any atom is 0.416 e. The van der Waals surface area contributed by atoms with E-state index in [1.165, 1.54) is 36.4 Å². The summed E-state index contributed by atoms with van der Waals surface area (Å²) in [7, 11) is 0. The van der Waals surface area contributed by atoms with Crippen molar-refractivity contribution < 1.29 is 88.6 Å². The minimum atomic E-state index is -5.24. The molecule has 2 aliphatic rings. The largest absolute Gasteiger partial charge is 0.416 e. The molecule has 96 heavy (non-hydrogen) atoms. The van der Waals surface area contributed by atoms with Gasteiger partial charge in [-0.2, -0.15) is 36.3 Å². The van der Waals surface area contributed by atoms with Crippen molar-refractivity contribution in [3.05, 3.63) is 233 Å². The number of aromatic nitrogens is 4. The van der Waals surface area contributed by atoms with Crippen LogP contribution < -0.4 is 11.1 Å². The van der Waals surface area contributed by atoms with Crippen molar-refractivity contribution in [2.75, 3.05) is 52.0 Å². The highest BCUT2D eigenvalue weighted by Gasteiger charge is 2.34. The number of fused-ring (bicyclic) bond motifs is 2. The van der Waals surface area contributed by atoms with Gasteiger partial charge in [0.15, 0.2) is 10.3 Å². The van der Waals surface area contributed by atoms with Gasteiger partial charge in [-0.1, -0.05) is 155 Å². The molecule has 0 bridgehead atoms. The van der Waals surface area contributed by atoms with Crippen molar-refractivity contribution >= 4 is 35.3 Å². The van der Waals surface area contributed by atoms with Crippen LogP contribution >= 0.6 is 23.5 Å². The van der Waals surface area contributed by atoms with Gasteiger partial charge in [-0.3, -0.25) is 19.2 Å². The van der Waals surface area contributed by atoms with Gasteiger partial charge in [0.25, 0.3) is 11.1 Å². The molecule has 2 aromatic heterocycles. The van der Waals surface area contributed by atoms with Crippen molar-refractivity contribution in [2.24, 2.45) is 5.89 Å². The summed E-state index contributed by atoms with van der Waals surface area (Å²) in [5, 5.41) is -0.726. The zero-order chi connectivity index (χ0) is 97.4. The van der Waals surface area contributed by atoms with E-state index in [1.54, 1.807) is 0 Å². The summed E-state index contributed by atoms with van der Waals surface area (Å²) in [6.07, 6.45) is -15.4. The topological polar surface area (TPSA) is 117 Å². The number of carbonyl (C=O) groups excluding carboxylic acids is 2. The molecular formula is C74H80F8N8O4S2. The number of carbonyl (C=O) groups is 2. The molecule has 0 fully saturated rings. The number of hydrogen-bond acceptors (Lipinski definition) is 10. The van der Waals surface area contributed by atoms with Crippen molar-refractivity contribution in [3.8, 4) is 22.3 Å². The number of alkyl halides is 6. The monoisotopic (exact) mass is 1390 g/mol. The molecular weight excluding hydrogens is 1280 g/mol. The van der Waals surface area contributed by atoms with Gasteiger partial charge >= 0.3 is 12.4 Å². The Morgan fingerprint density at radius 3 is 1.52 bits per heavy atom. The molecule has 1 atom stereocenters. The smallest absolute Gasteiger partial charge is 0.336 e. The zero-order valence-electron chi connectivity index (χ0n) is 83.7. The van der Waals surface area contributed by atoms with Gasteiger partial charge in [0.1, 0.15) is 24.7 Å². The van der Waals surface area contributed by atoms with Crippen molar-refractivity contribution in [2.45, 2.75) is 134 Å². The Morgan fingerprint density at radius 2 is 1.03 bits per heavy atom. The van der Waals surface area contributed by atoms with Gasteiger partial charge in [-0.25, -0.2) is 8.78 Å². The molecule has 6 aromatic carbocycles. The van der Waals surface area contributed by atoms with Gasteiger partial charge in [0.05, 0.1) is 31.7 Å². The highest BCUT2D eigenvalue weighted by Crippen LogP contribution is 2.36. The molecule has 0 radical (unpaired) electrons. The molecule has 1 unspecified atom stereocenters. The number of halogens is 8. The van der Waals surface area contributed by atoms with Gasteiger partial charge < -0.3 is 28.7 Å². The lowest BCUT2D eigenvalue weighted by molar-refractivity contribution is -0.138. The van der Waals surface area contributed by atoms with Crippen LogP contribution in [0, 0.1) is 24.5 Å². The van der Waals surface area contributed by atoms with Crippen LogP contribution in [0.3, 0.4) is 0 Å². The summed E-state index contributed by atoms with van der Waals surface area (Å²) < 4.78 is 392. The van der Waals surface area contributed by atoms with Crippen molar-refractivity contribution in [3.63, 3.8) is 0 Å². The Balaban J connectivity index is 0.000000289. The lowest BCUT2D eigenvalue weighted by atomic mass is 9.98. The number of hydrogen-bond donors (Lipinski definition) is 0. The van der Waals surface area contributed by atoms with Crippen LogP contribution in [0.2, 0.25) is 0 Å². The second-order valence-corrected chi connectivity index (χ2v) is 22.5. The summed E-state index contributed by atoms with van der Waals surface area (Å²) >= 11 is 1.50. The number of benzene rings is 6. The molecule has 8 aromatic rings. The predicted octanol–water partition coefficient (Wildman–Crippen LogP) is 15.0. The van der Waals surface area contributed by atoms with Crippen LogP contribution in [0.1, 0.15) is 146 Å². The molecule has 12 nitrogen and oxygen atoms in total. The molecule has 22 heteroatoms. The third kappa shape index (κ3) is 19.0. The predicted molar refractivity (Wildman–Crippen MR) is 362 cm³/mol. The van der Waals surface area contributed by atoms with E-state index in [1.807, 2.05) is 0 Å². The first kappa shape index (κ1) is 40.7. The highest BCUT2D eigenvalue weighted by atomic mass is 32.2. The first-order chi connectivity index (χ1) is 57.9. The first-order valence-electron chi connectivity index (χ1n) is 44.8. The van der Waals surface area contributed by atoms with Crippen LogP contribution in [0.25, 0.3) is 22.3 Å². The lowest BCUT2D eigenvalue weighted by Gasteiger charge is -2.28. The number of rotatable bonds is 26. The normalized spacial score (nSPS) is 21.8. The first-order valence-corrected chi connectivity index (χ1v) is 30.8. The van der Waals surface area contributed by atoms with E-state index >= 15 is 0 Å². The molecule has 0 spiro atoms. The number of thioether (sulfide) groups is 2. The van der Waals surface area contributed by atoms with E-state index in [0.29, 0.717) is 61.6 Å². The van der Waals surface area contributed by atoms with E-state index in [9.17, 15) is 65.3 Å². The van der Waals surface area contributed by atoms with Crippen LogP contribution in [0.15, 0.2) is 159 Å². The van der Waals surface area contributed by atoms with Crippen molar-refractivity contribution in [1.82, 2.24) is 38.7 Å². The highest BCUT2D eigenvalue weighted by molar-refractivity contribution is 7.98. The summed E-state index contributed by atoms with van der Waals surface area (Å²) in [6.45, 7) is -34.7. The molecule has 2 aliphatic carbocycles. The second-order valence-electron chi connectivity index (χ2n) is 20.6. The zero-order valence-corrected chi connectivity index (χ0v) is 53.4. The standard InChI is InChI=1S/2C37H40F4N4O2S/c1-4-43(5-2)18-19-44(22-26-6-10-28(11-7-26)29-12-14-30(15-13-29)37(39,40)41)34(46)23-45-33-21-25(3)20-32(33)35(47)42-36(45)48-24-27-8-16-31(38)17-9-27;1-4-43(5-2)19-20-44(22-26-9-13-28(14-10-26)29-15-18-32(25(3)21-29)37(39,40)41)34(46)23-45-33-8-6-7-31(33)35(47)42-36(45)48-24-27-11-16-30(38)17-12-27/h6-17,25H,4-5,18-24H2,1-3H3;9-18,21H,4-8,19-20,22-24H2,1-3H3/i4D2,5D2,18D2,19D2,20D2,21D2,22D2,25D;4D2,5D2,9D,10D,13D,14D,15D,18D,19D2,20D2,21D,22D2. The van der Waals surface area contributed by atoms with Crippen LogP contribution in [0.4, 0.5) is 35.1 Å². The summed E-state index contributed by atoms with van der Waals surface area (Å²) in [4.78, 5) is 63.5. The van der Waals surface area contributed by atoms with E-state index in [2.05, 4.69) is 9.97 Å². The Morgan fingerprint density at radius 1 is 0.573 bits per heavy atom. The Kier molecular flexibility index (Phi) is 13.9. The molecule has 2 heterocycles. The maximum atomic E-state index is 15.0. The number of amides is 2. The molecule has 0 saturated carbocycles. The minimum absolute atomic E-state index is 0.00921. The van der Waals surface area contributed by atoms with Crippen molar-refractivity contribution in [1.29, 1.82) is 0 Å². The fraction of sp³-hybridized carbons (Fsp3) is 0.378. The Bertz CT molecular complexity index is 5650. The molecule has 0 saturated heterocycles. The van der Waals surface area contributed by atoms with Crippen LogP contribution in [-0.4, -0.2) is 102 Å². The lowest BCUT2D eigenvalue weighted by Crippen LogP contribution is -2.40. The van der Waals surface area contributed by atoms with Crippen LogP contribution in [0.5, 0.6) is 0 Å². The van der Waals surface area contributed by atoms with E-state index < -0.39 is 246 Å². The maximum absolute atomic E-state index is 15.0. The van der Waals surface area contributed by atoms with E-state index in [4.69, 9.17) is 32.9 Å². The number of nitrogens with zero attached hydrogens (tertiary/aromatic N) is 8. The third-order valence-electron chi connectivity index (χ3n) is 14.1. The summed E-state index contributed by atoms with van der Waals surface area (Å²) in [6, 6.07) is 8.82. The van der Waals surface area contributed by atoms with E-state index in [0.717, 1.165) is 90.8 Å². The van der Waals surface area contributed by atoms with Gasteiger partial charge in [0, 0.05) is 96.3 Å². The fourth-order valence-corrected chi connectivity index (χ4v) is 11.3. The molecule has 0 N–H and O–H groups in total. The van der Waals surface area contributed by atoms with E-state index in [-0.39, 0.29) is 66.6 Å². The van der Waals surface area contributed by atoms with Gasteiger partial charge in [0.2, 0.25) is 11.8 Å². The Labute approximate surface area is 608 Å². The second kappa shape index (κ2) is 32.9. The SMILES string of the molecule is [2H]C([2H])(C)N(C([2H])([2H])C)C([2H])([2H])C([2H])([2H])N(C(=O)Cn1c(SCc2ccc(F)cc2)nc(=O)c2c1C([2H])([2H])C([2H])(C)C2([2H])[2H])C([2H])([2H])c1ccc(-c2ccc(C(F)(F)F)cc2)cc1.[2H]c1c([2H])c(C([2H])([2H])N(C(=O)Cn2c(SCc3ccc(F)cc3)nc(=O)c3c2CCC3)C([2H])([2H])C([2H])([2H])N(C([2H])([2H])C)C([2H])([2H])C)c([2H])c([2H])c1-c1c([2H])c([2H])c(C(F)(F)F)c(C)c1[2H]. The molecule has 2 amide bonds. The van der Waals surface area contributed by atoms with Gasteiger partial charge in [-0.15, -0.1) is 0 Å². The number of likely N-dealkylation sites (N-methyl/N-ethyl adjacent to an activating group) is 2. The fourth-order valence-electron chi connectivity index (χ4n) is 9.34. The quantitative estimate of drug-likeness (QED) is 0.0295. The Hall–Kier alpha value is -7.92. The summed E-state index contributed by atoms with van der Waals surface area (Å²) in [5.74, 6) is -7.60. The summed E-state index contributed by atoms with van der Waals surface area (Å²) in [5.41, 5.74) is -9.90.